The number of anilines is 3. The number of methoxy groups -OCH3 is 1. The predicted octanol–water partition coefficient (Wildman–Crippen LogP) is 3.87. The highest BCUT2D eigenvalue weighted by molar-refractivity contribution is 9.10. The van der Waals surface area contributed by atoms with Gasteiger partial charge in [0.15, 0.2) is 0 Å². The number of benzene rings is 2. The molecular formula is C15H15BrN2O2. The molecule has 5 heteroatoms. The lowest BCUT2D eigenvalue weighted by molar-refractivity contribution is 0.0601. The van der Waals surface area contributed by atoms with Crippen LogP contribution >= 0.6 is 15.9 Å². The van der Waals surface area contributed by atoms with Crippen LogP contribution in [0.3, 0.4) is 0 Å². The summed E-state index contributed by atoms with van der Waals surface area (Å²) in [5.74, 6) is -0.401. The third-order valence-corrected chi connectivity index (χ3v) is 3.87. The smallest absolute Gasteiger partial charge is 0.337 e. The van der Waals surface area contributed by atoms with Crippen molar-refractivity contribution in [2.45, 2.75) is 6.92 Å². The number of hydrogen-bond acceptors (Lipinski definition) is 4. The van der Waals surface area contributed by atoms with Gasteiger partial charge in [0.2, 0.25) is 0 Å². The van der Waals surface area contributed by atoms with E-state index in [1.165, 1.54) is 7.11 Å². The van der Waals surface area contributed by atoms with E-state index in [9.17, 15) is 4.79 Å². The van der Waals surface area contributed by atoms with Crippen molar-refractivity contribution in [3.63, 3.8) is 0 Å². The molecule has 3 N–H and O–H groups in total. The molecule has 0 saturated heterocycles. The predicted molar refractivity (Wildman–Crippen MR) is 84.4 cm³/mol. The topological polar surface area (TPSA) is 64.3 Å². The number of rotatable bonds is 3. The third kappa shape index (κ3) is 2.93. The van der Waals surface area contributed by atoms with E-state index in [0.717, 1.165) is 21.4 Å². The average Bonchev–Trinajstić information content (AvgIpc) is 2.45. The number of halogens is 1. The van der Waals surface area contributed by atoms with E-state index < -0.39 is 5.97 Å². The van der Waals surface area contributed by atoms with E-state index >= 15 is 0 Å². The first kappa shape index (κ1) is 14.4. The van der Waals surface area contributed by atoms with Gasteiger partial charge in [-0.3, -0.25) is 0 Å². The lowest BCUT2D eigenvalue weighted by Crippen LogP contribution is -2.04. The van der Waals surface area contributed by atoms with Gasteiger partial charge >= 0.3 is 5.97 Å². The molecule has 2 aromatic rings. The van der Waals surface area contributed by atoms with Gasteiger partial charge in [-0.1, -0.05) is 22.0 Å². The van der Waals surface area contributed by atoms with Crippen molar-refractivity contribution in [1.82, 2.24) is 0 Å². The monoisotopic (exact) mass is 334 g/mol. The summed E-state index contributed by atoms with van der Waals surface area (Å²) in [5, 5.41) is 3.26. The van der Waals surface area contributed by atoms with Crippen LogP contribution in [-0.2, 0) is 4.74 Å². The van der Waals surface area contributed by atoms with E-state index in [1.54, 1.807) is 18.2 Å². The average molecular weight is 335 g/mol. The highest BCUT2D eigenvalue weighted by Gasteiger charge is 2.09. The van der Waals surface area contributed by atoms with E-state index in [-0.39, 0.29) is 0 Å². The number of esters is 1. The molecule has 0 radical (unpaired) electrons. The quantitative estimate of drug-likeness (QED) is 0.660. The van der Waals surface area contributed by atoms with E-state index in [4.69, 9.17) is 5.73 Å². The van der Waals surface area contributed by atoms with Gasteiger partial charge in [0, 0.05) is 10.2 Å². The number of carbonyl (C=O) groups excluding carboxylic acids is 1. The van der Waals surface area contributed by atoms with Gasteiger partial charge in [0.1, 0.15) is 0 Å². The molecule has 2 rings (SSSR count). The third-order valence-electron chi connectivity index (χ3n) is 3.01. The molecule has 2 aromatic carbocycles. The maximum absolute atomic E-state index is 11.4. The summed E-state index contributed by atoms with van der Waals surface area (Å²) in [5.41, 5.74) is 9.68. The Labute approximate surface area is 126 Å². The van der Waals surface area contributed by atoms with Crippen LogP contribution in [0.1, 0.15) is 15.9 Å². The zero-order valence-corrected chi connectivity index (χ0v) is 12.8. The highest BCUT2D eigenvalue weighted by atomic mass is 79.9. The molecule has 0 aliphatic carbocycles. The number of nitrogens with two attached hydrogens (primary N) is 1. The molecule has 0 aliphatic rings. The number of hydrogen-bond donors (Lipinski definition) is 2. The molecular weight excluding hydrogens is 320 g/mol. The normalized spacial score (nSPS) is 10.2. The van der Waals surface area contributed by atoms with Gasteiger partial charge in [0.05, 0.1) is 24.0 Å². The van der Waals surface area contributed by atoms with E-state index in [2.05, 4.69) is 26.0 Å². The van der Waals surface area contributed by atoms with E-state index in [1.807, 2.05) is 25.1 Å². The highest BCUT2D eigenvalue weighted by Crippen LogP contribution is 2.29. The Balaban J connectivity index is 2.30. The summed E-state index contributed by atoms with van der Waals surface area (Å²) in [4.78, 5) is 11.4. The maximum Gasteiger partial charge on any atom is 0.337 e. The van der Waals surface area contributed by atoms with Crippen molar-refractivity contribution in [2.24, 2.45) is 0 Å². The zero-order chi connectivity index (χ0) is 14.7. The van der Waals surface area contributed by atoms with Crippen LogP contribution in [0.4, 0.5) is 17.1 Å². The largest absolute Gasteiger partial charge is 0.465 e. The number of nitrogens with one attached hydrogen (secondary N) is 1. The molecule has 104 valence electrons. The van der Waals surface area contributed by atoms with Gasteiger partial charge in [-0.15, -0.1) is 0 Å². The Morgan fingerprint density at radius 3 is 2.65 bits per heavy atom. The molecule has 0 spiro atoms. The molecule has 0 saturated carbocycles. The first-order valence-corrected chi connectivity index (χ1v) is 6.82. The molecule has 0 aromatic heterocycles. The number of carbonyl (C=O) groups is 1. The molecule has 0 atom stereocenters. The fourth-order valence-corrected chi connectivity index (χ4v) is 2.18. The van der Waals surface area contributed by atoms with Crippen molar-refractivity contribution in [3.8, 4) is 0 Å². The van der Waals surface area contributed by atoms with Crippen molar-refractivity contribution >= 4 is 39.0 Å². The molecule has 0 bridgehead atoms. The Hall–Kier alpha value is -2.01. The minimum atomic E-state index is -0.401. The van der Waals surface area contributed by atoms with Crippen molar-refractivity contribution < 1.29 is 9.53 Å². The summed E-state index contributed by atoms with van der Waals surface area (Å²) in [6, 6.07) is 10.9. The maximum atomic E-state index is 11.4. The van der Waals surface area contributed by atoms with Crippen molar-refractivity contribution in [1.29, 1.82) is 0 Å². The summed E-state index contributed by atoms with van der Waals surface area (Å²) in [7, 11) is 1.34. The van der Waals surface area contributed by atoms with Crippen molar-refractivity contribution in [3.05, 3.63) is 52.0 Å². The van der Waals surface area contributed by atoms with Crippen LogP contribution in [0.25, 0.3) is 0 Å². The lowest BCUT2D eigenvalue weighted by Gasteiger charge is -2.13. The van der Waals surface area contributed by atoms with Crippen LogP contribution < -0.4 is 11.1 Å². The second-order valence-electron chi connectivity index (χ2n) is 4.33. The summed E-state index contributed by atoms with van der Waals surface area (Å²) in [6.07, 6.45) is 0. The summed E-state index contributed by atoms with van der Waals surface area (Å²) < 4.78 is 5.68. The molecule has 0 aliphatic heterocycles. The molecule has 0 unspecified atom stereocenters. The first-order chi connectivity index (χ1) is 9.52. The summed E-state index contributed by atoms with van der Waals surface area (Å²) in [6.45, 7) is 2.01. The van der Waals surface area contributed by atoms with Gasteiger partial charge in [-0.2, -0.15) is 0 Å². The molecule has 0 heterocycles. The van der Waals surface area contributed by atoms with Gasteiger partial charge in [0.25, 0.3) is 0 Å². The van der Waals surface area contributed by atoms with Crippen LogP contribution in [0, 0.1) is 6.92 Å². The number of nitrogen functional groups attached to an aromatic ring is 1. The zero-order valence-electron chi connectivity index (χ0n) is 11.2. The van der Waals surface area contributed by atoms with Gasteiger partial charge in [-0.25, -0.2) is 4.79 Å². The molecule has 4 nitrogen and oxygen atoms in total. The second-order valence-corrected chi connectivity index (χ2v) is 5.19. The second kappa shape index (κ2) is 5.96. The fraction of sp³-hybridized carbons (Fsp3) is 0.133. The van der Waals surface area contributed by atoms with E-state index in [0.29, 0.717) is 11.3 Å². The van der Waals surface area contributed by atoms with Crippen molar-refractivity contribution in [2.75, 3.05) is 18.2 Å². The van der Waals surface area contributed by atoms with Gasteiger partial charge < -0.3 is 15.8 Å². The van der Waals surface area contributed by atoms with Crippen LogP contribution in [0.15, 0.2) is 40.9 Å². The Morgan fingerprint density at radius 2 is 2.00 bits per heavy atom. The number of ether oxygens (including phenoxy) is 1. The molecule has 0 amide bonds. The standard InChI is InChI=1S/C15H15BrN2O2/c1-9-11(16)4-3-5-13(9)18-14-7-6-10(8-12(14)17)15(19)20-2/h3-8,18H,17H2,1-2H3. The Kier molecular flexibility index (Phi) is 4.29. The SMILES string of the molecule is COC(=O)c1ccc(Nc2cccc(Br)c2C)c(N)c1. The minimum Gasteiger partial charge on any atom is -0.465 e. The lowest BCUT2D eigenvalue weighted by atomic mass is 10.1. The first-order valence-electron chi connectivity index (χ1n) is 6.03. The fourth-order valence-electron chi connectivity index (χ4n) is 1.81. The Morgan fingerprint density at radius 1 is 1.25 bits per heavy atom. The minimum absolute atomic E-state index is 0.401. The van der Waals surface area contributed by atoms with Crippen LogP contribution in [0.2, 0.25) is 0 Å². The summed E-state index contributed by atoms with van der Waals surface area (Å²) >= 11 is 3.49. The van der Waals surface area contributed by atoms with Crippen LogP contribution in [-0.4, -0.2) is 13.1 Å². The van der Waals surface area contributed by atoms with Crippen LogP contribution in [0.5, 0.6) is 0 Å². The van der Waals surface area contributed by atoms with Gasteiger partial charge in [-0.05, 0) is 42.8 Å². The molecule has 20 heavy (non-hydrogen) atoms. The molecule has 0 fully saturated rings. The Bertz CT molecular complexity index is 656.